The van der Waals surface area contributed by atoms with E-state index in [0.29, 0.717) is 69.0 Å². The molecule has 0 radical (unpaired) electrons. The van der Waals surface area contributed by atoms with Crippen LogP contribution in [0.3, 0.4) is 0 Å². The normalized spacial score (nSPS) is 11.3. The van der Waals surface area contributed by atoms with E-state index in [9.17, 15) is 0 Å². The molecule has 1 atom stereocenters. The summed E-state index contributed by atoms with van der Waals surface area (Å²) in [6.07, 6.45) is 0. The van der Waals surface area contributed by atoms with E-state index in [1.54, 1.807) is 188 Å². The first kappa shape index (κ1) is 42.6. The Morgan fingerprint density at radius 3 is 0.898 bits per heavy atom. The maximum atomic E-state index is 6.76. The van der Waals surface area contributed by atoms with Crippen LogP contribution in [0.5, 0.6) is 69.0 Å². The Kier molecular flexibility index (Phi) is 15.6. The Balaban J connectivity index is 1.51. The van der Waals surface area contributed by atoms with Gasteiger partial charge >= 0.3 is 25.1 Å². The van der Waals surface area contributed by atoms with Crippen molar-refractivity contribution in [1.82, 2.24) is 4.60 Å². The Morgan fingerprint density at radius 2 is 0.593 bits per heavy atom. The van der Waals surface area contributed by atoms with Crippen LogP contribution in [0.1, 0.15) is 0 Å². The highest BCUT2D eigenvalue weighted by Gasteiger charge is 2.40. The van der Waals surface area contributed by atoms with Crippen molar-refractivity contribution in [2.24, 2.45) is 4.52 Å². The fraction of sp³-hybridized carbons (Fsp3) is 0.143. The van der Waals surface area contributed by atoms with E-state index in [-0.39, 0.29) is 0 Å². The molecule has 0 aliphatic carbocycles. The molecule has 0 aliphatic rings. The third-order valence-corrected chi connectivity index (χ3v) is 12.9. The Hall–Kier alpha value is -6.03. The van der Waals surface area contributed by atoms with Gasteiger partial charge in [-0.05, 0) is 146 Å². The second-order valence-corrected chi connectivity index (χ2v) is 16.0. The summed E-state index contributed by atoms with van der Waals surface area (Å²) in [7, 11) is 2.22. The van der Waals surface area contributed by atoms with Crippen LogP contribution in [0, 0.1) is 0 Å². The third kappa shape index (κ3) is 12.5. The molecule has 6 aromatic carbocycles. The molecule has 14 nitrogen and oxygen atoms in total. The van der Waals surface area contributed by atoms with Crippen molar-refractivity contribution in [3.63, 3.8) is 0 Å². The van der Waals surface area contributed by atoms with Gasteiger partial charge in [-0.15, -0.1) is 0 Å². The first-order chi connectivity index (χ1) is 28.9. The van der Waals surface area contributed by atoms with Gasteiger partial charge in [0, 0.05) is 4.60 Å². The number of benzene rings is 6. The van der Waals surface area contributed by atoms with E-state index in [1.165, 1.54) is 4.60 Å². The lowest BCUT2D eigenvalue weighted by Gasteiger charge is -2.31. The molecule has 0 amide bonds. The predicted octanol–water partition coefficient (Wildman–Crippen LogP) is 11.4. The standard InChI is InChI=1S/C42H43N2O12P3/c1-45-31-7-19-37(20-8-31)51-44(59(55-41-27-15-35(49-5)16-28-41)56-42-29-17-36(50-6)18-30-42)57(52-38-21-9-32(46-2)10-22-38)43-58(53-39-23-11-33(47-3)12-24-39)54-40-25-13-34(48-4)14-26-40/h7-30,58H,1-6H3. The molecule has 0 heterocycles. The van der Waals surface area contributed by atoms with E-state index in [4.69, 9.17) is 60.4 Å². The van der Waals surface area contributed by atoms with Crippen molar-refractivity contribution in [3.8, 4) is 69.0 Å². The molecular weight excluding hydrogens is 817 g/mol. The first-order valence-electron chi connectivity index (χ1n) is 17.8. The highest BCUT2D eigenvalue weighted by Crippen LogP contribution is 2.61. The summed E-state index contributed by atoms with van der Waals surface area (Å²) in [5.41, 5.74) is 0. The van der Waals surface area contributed by atoms with Crippen molar-refractivity contribution < 1.29 is 55.9 Å². The molecule has 0 saturated carbocycles. The molecular formula is C42H43N2O12P3. The summed E-state index contributed by atoms with van der Waals surface area (Å²) >= 11 is 0. The van der Waals surface area contributed by atoms with Crippen LogP contribution in [0.2, 0.25) is 0 Å². The Bertz CT molecular complexity index is 2100. The zero-order chi connectivity index (χ0) is 41.4. The number of methoxy groups -OCH3 is 6. The van der Waals surface area contributed by atoms with Gasteiger partial charge in [-0.3, -0.25) is 0 Å². The van der Waals surface area contributed by atoms with Crippen molar-refractivity contribution in [2.45, 2.75) is 0 Å². The minimum absolute atomic E-state index is 0.400. The van der Waals surface area contributed by atoms with Gasteiger partial charge in [0.15, 0.2) is 0 Å². The van der Waals surface area contributed by atoms with Gasteiger partial charge in [-0.1, -0.05) is 0 Å². The van der Waals surface area contributed by atoms with E-state index in [2.05, 4.69) is 0 Å². The summed E-state index contributed by atoms with van der Waals surface area (Å²) in [6, 6.07) is 42.4. The maximum Gasteiger partial charge on any atom is 0.429 e. The lowest BCUT2D eigenvalue weighted by molar-refractivity contribution is 0.108. The van der Waals surface area contributed by atoms with Crippen LogP contribution in [0.15, 0.2) is 150 Å². The molecule has 0 saturated heterocycles. The number of rotatable bonds is 21. The minimum atomic E-state index is -2.71. The minimum Gasteiger partial charge on any atom is -0.497 e. The lowest BCUT2D eigenvalue weighted by Crippen LogP contribution is -2.23. The molecule has 308 valence electrons. The zero-order valence-electron chi connectivity index (χ0n) is 33.0. The summed E-state index contributed by atoms with van der Waals surface area (Å²) in [5, 5.41) is 0. The Labute approximate surface area is 346 Å². The zero-order valence-corrected chi connectivity index (χ0v) is 35.8. The molecule has 0 aliphatic heterocycles. The molecule has 0 fully saturated rings. The van der Waals surface area contributed by atoms with Crippen LogP contribution in [0.25, 0.3) is 0 Å². The van der Waals surface area contributed by atoms with Crippen molar-refractivity contribution in [1.29, 1.82) is 0 Å². The van der Waals surface area contributed by atoms with Gasteiger partial charge in [0.25, 0.3) is 0 Å². The quantitative estimate of drug-likeness (QED) is 0.0504. The molecule has 1 unspecified atom stereocenters. The first-order valence-corrected chi connectivity index (χ1v) is 21.3. The molecule has 17 heteroatoms. The summed E-state index contributed by atoms with van der Waals surface area (Å²) in [6.45, 7) is 0. The van der Waals surface area contributed by atoms with Crippen molar-refractivity contribution >= 4 is 25.1 Å². The molecule has 0 bridgehead atoms. The van der Waals surface area contributed by atoms with Gasteiger partial charge in [0.2, 0.25) is 0 Å². The fourth-order valence-electron chi connectivity index (χ4n) is 4.85. The SMILES string of the molecule is COc1ccc(ON(P(N=[PH](Oc2ccc(OC)cc2)Oc2ccc(OC)cc2)Oc2ccc(OC)cc2)P(Oc2ccc(OC)cc2)Oc2ccc(OC)cc2)cc1. The van der Waals surface area contributed by atoms with E-state index in [1.807, 2.05) is 0 Å². The van der Waals surface area contributed by atoms with Gasteiger partial charge in [0.1, 0.15) is 69.0 Å². The van der Waals surface area contributed by atoms with Gasteiger partial charge in [-0.25, -0.2) is 0 Å². The third-order valence-electron chi connectivity index (χ3n) is 7.96. The number of hydrogen-bond donors (Lipinski definition) is 0. The molecule has 0 N–H and O–H groups in total. The monoisotopic (exact) mass is 860 g/mol. The summed E-state index contributed by atoms with van der Waals surface area (Å²) in [5.74, 6) is 6.53. The highest BCUT2D eigenvalue weighted by atomic mass is 31.2. The van der Waals surface area contributed by atoms with Crippen LogP contribution < -0.4 is 55.9 Å². The summed E-state index contributed by atoms with van der Waals surface area (Å²) < 4.78 is 72.2. The maximum absolute atomic E-state index is 6.76. The van der Waals surface area contributed by atoms with Crippen LogP contribution in [-0.2, 0) is 0 Å². The van der Waals surface area contributed by atoms with Gasteiger partial charge in [0.05, 0.1) is 42.7 Å². The van der Waals surface area contributed by atoms with E-state index in [0.717, 1.165) is 0 Å². The average molecular weight is 861 g/mol. The van der Waals surface area contributed by atoms with Gasteiger partial charge < -0.3 is 55.9 Å². The van der Waals surface area contributed by atoms with E-state index < -0.39 is 25.1 Å². The van der Waals surface area contributed by atoms with Crippen molar-refractivity contribution in [3.05, 3.63) is 146 Å². The van der Waals surface area contributed by atoms with Crippen molar-refractivity contribution in [2.75, 3.05) is 42.7 Å². The number of nitrogens with zero attached hydrogens (tertiary/aromatic N) is 2. The molecule has 6 aromatic rings. The second-order valence-electron chi connectivity index (χ2n) is 11.7. The predicted molar refractivity (Wildman–Crippen MR) is 228 cm³/mol. The fourth-order valence-corrected chi connectivity index (χ4v) is 9.60. The largest absolute Gasteiger partial charge is 0.497 e. The lowest BCUT2D eigenvalue weighted by atomic mass is 10.3. The molecule has 0 spiro atoms. The molecule has 6 rings (SSSR count). The average Bonchev–Trinajstić information content (AvgIpc) is 3.29. The number of ether oxygens (including phenoxy) is 6. The summed E-state index contributed by atoms with van der Waals surface area (Å²) in [4.78, 5) is 6.72. The topological polar surface area (TPSA) is 126 Å². The number of hydrogen-bond acceptors (Lipinski definition) is 14. The highest BCUT2D eigenvalue weighted by molar-refractivity contribution is 7.65. The molecule has 0 aromatic heterocycles. The Morgan fingerprint density at radius 1 is 0.339 bits per heavy atom. The smallest absolute Gasteiger partial charge is 0.429 e. The second kappa shape index (κ2) is 21.6. The van der Waals surface area contributed by atoms with Crippen LogP contribution in [0.4, 0.5) is 0 Å². The van der Waals surface area contributed by atoms with Crippen LogP contribution >= 0.6 is 25.1 Å². The van der Waals surface area contributed by atoms with Crippen LogP contribution in [-0.4, -0.2) is 47.3 Å². The molecule has 59 heavy (non-hydrogen) atoms. The van der Waals surface area contributed by atoms with E-state index >= 15 is 0 Å². The van der Waals surface area contributed by atoms with Gasteiger partial charge in [-0.2, -0.15) is 4.52 Å².